The van der Waals surface area contributed by atoms with Crippen molar-refractivity contribution in [2.75, 3.05) is 0 Å². The summed E-state index contributed by atoms with van der Waals surface area (Å²) in [6.07, 6.45) is 15.8. The van der Waals surface area contributed by atoms with Crippen molar-refractivity contribution in [1.82, 2.24) is 15.0 Å². The number of rotatable bonds is 8. The predicted molar refractivity (Wildman–Crippen MR) is 197 cm³/mol. The van der Waals surface area contributed by atoms with Gasteiger partial charge >= 0.3 is 0 Å². The van der Waals surface area contributed by atoms with Gasteiger partial charge in [-0.1, -0.05) is 153 Å². The molecule has 1 saturated carbocycles. The van der Waals surface area contributed by atoms with Gasteiger partial charge < -0.3 is 0 Å². The minimum atomic E-state index is -0.0161. The van der Waals surface area contributed by atoms with Crippen molar-refractivity contribution in [3.8, 4) is 33.8 Å². The van der Waals surface area contributed by atoms with Crippen LogP contribution in [0.15, 0.2) is 152 Å². The van der Waals surface area contributed by atoms with Crippen LogP contribution in [0.25, 0.3) is 50.2 Å². The van der Waals surface area contributed by atoms with E-state index < -0.39 is 0 Å². The average molecular weight is 610 g/mol. The first-order chi connectivity index (χ1) is 23.2. The SMILES string of the molecule is C=C/C=C\C(=C/C)c1cc(-c2ccccc2)nc(-c2ccc(C3(c4ccc(-c5cccc6cccnc56)cc4)CCCCC3)cc2)n1. The zero-order valence-corrected chi connectivity index (χ0v) is 26.9. The fourth-order valence-corrected chi connectivity index (χ4v) is 7.13. The zero-order chi connectivity index (χ0) is 32.1. The molecule has 0 atom stereocenters. The third-order valence-electron chi connectivity index (χ3n) is 9.60. The summed E-state index contributed by atoms with van der Waals surface area (Å²) in [7, 11) is 0. The number of benzene rings is 4. The summed E-state index contributed by atoms with van der Waals surface area (Å²) in [6.45, 7) is 5.88. The largest absolute Gasteiger partial charge is 0.256 e. The summed E-state index contributed by atoms with van der Waals surface area (Å²) < 4.78 is 0. The molecule has 0 spiro atoms. The molecule has 6 aromatic rings. The lowest BCUT2D eigenvalue weighted by molar-refractivity contribution is 0.346. The van der Waals surface area contributed by atoms with E-state index in [0.29, 0.717) is 0 Å². The highest BCUT2D eigenvalue weighted by Gasteiger charge is 2.35. The number of aromatic nitrogens is 3. The molecule has 0 unspecified atom stereocenters. The van der Waals surface area contributed by atoms with Crippen molar-refractivity contribution >= 4 is 16.5 Å². The van der Waals surface area contributed by atoms with Gasteiger partial charge in [0.2, 0.25) is 0 Å². The number of hydrogen-bond acceptors (Lipinski definition) is 3. The highest BCUT2D eigenvalue weighted by Crippen LogP contribution is 2.46. The Bertz CT molecular complexity index is 2060. The van der Waals surface area contributed by atoms with E-state index in [1.54, 1.807) is 6.08 Å². The van der Waals surface area contributed by atoms with Crippen LogP contribution in [0.4, 0.5) is 0 Å². The van der Waals surface area contributed by atoms with Crippen molar-refractivity contribution in [2.24, 2.45) is 0 Å². The summed E-state index contributed by atoms with van der Waals surface area (Å²) in [4.78, 5) is 14.8. The summed E-state index contributed by atoms with van der Waals surface area (Å²) >= 11 is 0. The van der Waals surface area contributed by atoms with E-state index in [9.17, 15) is 0 Å². The van der Waals surface area contributed by atoms with Crippen LogP contribution in [0.5, 0.6) is 0 Å². The van der Waals surface area contributed by atoms with Gasteiger partial charge in [-0.2, -0.15) is 0 Å². The van der Waals surface area contributed by atoms with Crippen LogP contribution in [0.2, 0.25) is 0 Å². The van der Waals surface area contributed by atoms with Crippen molar-refractivity contribution < 1.29 is 0 Å². The minimum Gasteiger partial charge on any atom is -0.256 e. The molecule has 0 radical (unpaired) electrons. The molecule has 230 valence electrons. The highest BCUT2D eigenvalue weighted by atomic mass is 14.9. The highest BCUT2D eigenvalue weighted by molar-refractivity contribution is 5.93. The fourth-order valence-electron chi connectivity index (χ4n) is 7.13. The summed E-state index contributed by atoms with van der Waals surface area (Å²) in [5.41, 5.74) is 11.1. The zero-order valence-electron chi connectivity index (χ0n) is 26.9. The Hall–Kier alpha value is -5.41. The van der Waals surface area contributed by atoms with Gasteiger partial charge in [0.05, 0.1) is 16.9 Å². The summed E-state index contributed by atoms with van der Waals surface area (Å²) in [5.74, 6) is 0.727. The second kappa shape index (κ2) is 13.5. The van der Waals surface area contributed by atoms with Crippen LogP contribution < -0.4 is 0 Å². The predicted octanol–water partition coefficient (Wildman–Crippen LogP) is 11.4. The second-order valence-corrected chi connectivity index (χ2v) is 12.3. The maximum atomic E-state index is 5.06. The number of allylic oxidation sites excluding steroid dienone is 5. The minimum absolute atomic E-state index is 0.0161. The third-order valence-corrected chi connectivity index (χ3v) is 9.60. The summed E-state index contributed by atoms with van der Waals surface area (Å²) in [6, 6.07) is 41.3. The van der Waals surface area contributed by atoms with Crippen LogP contribution >= 0.6 is 0 Å². The topological polar surface area (TPSA) is 38.7 Å². The van der Waals surface area contributed by atoms with Crippen LogP contribution in [0.3, 0.4) is 0 Å². The van der Waals surface area contributed by atoms with E-state index in [1.165, 1.54) is 46.9 Å². The van der Waals surface area contributed by atoms with Crippen molar-refractivity contribution in [3.05, 3.63) is 169 Å². The number of fused-ring (bicyclic) bond motifs is 1. The van der Waals surface area contributed by atoms with Crippen LogP contribution in [0, 0.1) is 0 Å². The van der Waals surface area contributed by atoms with E-state index in [0.717, 1.165) is 52.3 Å². The van der Waals surface area contributed by atoms with Crippen molar-refractivity contribution in [2.45, 2.75) is 44.4 Å². The molecule has 1 aliphatic carbocycles. The lowest BCUT2D eigenvalue weighted by Crippen LogP contribution is -2.30. The second-order valence-electron chi connectivity index (χ2n) is 12.3. The lowest BCUT2D eigenvalue weighted by Gasteiger charge is -2.39. The third kappa shape index (κ3) is 6.09. The molecule has 1 fully saturated rings. The molecule has 3 heteroatoms. The maximum Gasteiger partial charge on any atom is 0.160 e. The van der Waals surface area contributed by atoms with Crippen LogP contribution in [0.1, 0.15) is 55.8 Å². The standard InChI is InChI=1S/C44H39N3/c1-3-5-14-32(4-2)40-31-41(34-15-8-6-9-16-34)47-43(46-40)36-22-26-38(27-23-36)44(28-10-7-11-29-44)37-24-20-33(21-25-37)39-19-12-17-35-18-13-30-45-42(35)39/h3-6,8-9,12-27,30-31H,1,7,10-11,28-29H2,2H3/b14-5-,32-4+. The molecule has 0 amide bonds. The van der Waals surface area contributed by atoms with Gasteiger partial charge in [0, 0.05) is 33.7 Å². The monoisotopic (exact) mass is 609 g/mol. The van der Waals surface area contributed by atoms with Gasteiger partial charge in [-0.15, -0.1) is 0 Å². The normalized spacial score (nSPS) is 14.8. The van der Waals surface area contributed by atoms with Gasteiger partial charge in [-0.25, -0.2) is 9.97 Å². The van der Waals surface area contributed by atoms with Crippen molar-refractivity contribution in [3.63, 3.8) is 0 Å². The van der Waals surface area contributed by atoms with Gasteiger partial charge in [0.25, 0.3) is 0 Å². The van der Waals surface area contributed by atoms with Crippen molar-refractivity contribution in [1.29, 1.82) is 0 Å². The molecule has 7 rings (SSSR count). The Morgan fingerprint density at radius 1 is 0.702 bits per heavy atom. The molecule has 47 heavy (non-hydrogen) atoms. The Kier molecular flexibility index (Phi) is 8.70. The molecule has 3 nitrogen and oxygen atoms in total. The van der Waals surface area contributed by atoms with E-state index in [1.807, 2.05) is 37.4 Å². The summed E-state index contributed by atoms with van der Waals surface area (Å²) in [5, 5.41) is 1.17. The smallest absolute Gasteiger partial charge is 0.160 e. The van der Waals surface area contributed by atoms with Gasteiger partial charge in [-0.3, -0.25) is 4.98 Å². The molecule has 4 aromatic carbocycles. The lowest BCUT2D eigenvalue weighted by atomic mass is 9.65. The van der Waals surface area contributed by atoms with E-state index in [4.69, 9.17) is 15.0 Å². The Balaban J connectivity index is 1.26. The van der Waals surface area contributed by atoms with Crippen LogP contribution in [-0.2, 0) is 5.41 Å². The molecule has 1 aliphatic rings. The van der Waals surface area contributed by atoms with E-state index in [-0.39, 0.29) is 5.41 Å². The Labute approximate surface area is 278 Å². The quantitative estimate of drug-likeness (QED) is 0.161. The number of hydrogen-bond donors (Lipinski definition) is 0. The Morgan fingerprint density at radius 3 is 2.11 bits per heavy atom. The molecule has 0 N–H and O–H groups in total. The van der Waals surface area contributed by atoms with Gasteiger partial charge in [-0.05, 0) is 54.2 Å². The van der Waals surface area contributed by atoms with Gasteiger partial charge in [0.15, 0.2) is 5.82 Å². The molecular formula is C44H39N3. The molecule has 0 bridgehead atoms. The molecule has 2 heterocycles. The van der Waals surface area contributed by atoms with Gasteiger partial charge in [0.1, 0.15) is 0 Å². The first-order valence-corrected chi connectivity index (χ1v) is 16.6. The number of para-hydroxylation sites is 1. The fraction of sp³-hybridized carbons (Fsp3) is 0.159. The van der Waals surface area contributed by atoms with E-state index in [2.05, 4.69) is 116 Å². The molecular weight excluding hydrogens is 571 g/mol. The molecule has 2 aromatic heterocycles. The molecule has 0 aliphatic heterocycles. The maximum absolute atomic E-state index is 5.06. The first-order valence-electron chi connectivity index (χ1n) is 16.6. The molecule has 0 saturated heterocycles. The van der Waals surface area contributed by atoms with Crippen LogP contribution in [-0.4, -0.2) is 15.0 Å². The number of nitrogens with zero attached hydrogens (tertiary/aromatic N) is 3. The Morgan fingerprint density at radius 2 is 1.40 bits per heavy atom. The number of pyridine rings is 1. The average Bonchev–Trinajstić information content (AvgIpc) is 3.15. The van der Waals surface area contributed by atoms with E-state index >= 15 is 0 Å². The first kappa shape index (κ1) is 30.3.